The molecule has 1 heterocycles. The normalized spacial score (nSPS) is 14.5. The van der Waals surface area contributed by atoms with Gasteiger partial charge in [-0.05, 0) is 20.0 Å². The zero-order valence-corrected chi connectivity index (χ0v) is 9.42. The molecule has 3 N–H and O–H groups in total. The monoisotopic (exact) mass is 227 g/mol. The van der Waals surface area contributed by atoms with Crippen molar-refractivity contribution in [3.05, 3.63) is 18.0 Å². The fraction of sp³-hybridized carbons (Fsp3) is 0.600. The summed E-state index contributed by atoms with van der Waals surface area (Å²) in [4.78, 5) is 7.72. The zero-order chi connectivity index (χ0) is 12.0. The average molecular weight is 227 g/mol. The van der Waals surface area contributed by atoms with Crippen LogP contribution >= 0.6 is 0 Å². The summed E-state index contributed by atoms with van der Waals surface area (Å²) in [5, 5.41) is 22.3. The molecule has 0 aliphatic rings. The molecule has 1 rings (SSSR count). The quantitative estimate of drug-likeness (QED) is 0.606. The van der Waals surface area contributed by atoms with Crippen molar-refractivity contribution >= 4 is 0 Å². The lowest BCUT2D eigenvalue weighted by atomic mass is 10.1. The van der Waals surface area contributed by atoms with E-state index in [1.807, 2.05) is 0 Å². The molecule has 0 bridgehead atoms. The Morgan fingerprint density at radius 1 is 1.38 bits per heavy atom. The van der Waals surface area contributed by atoms with Crippen LogP contribution in [0.2, 0.25) is 0 Å². The van der Waals surface area contributed by atoms with Gasteiger partial charge >= 0.3 is 6.01 Å². The molecule has 0 aliphatic carbocycles. The number of aromatic nitrogens is 2. The van der Waals surface area contributed by atoms with Crippen LogP contribution in [-0.4, -0.2) is 47.0 Å². The third kappa shape index (κ3) is 3.41. The summed E-state index contributed by atoms with van der Waals surface area (Å²) in [5.74, 6) is 0. The second-order valence-electron chi connectivity index (χ2n) is 3.41. The number of rotatable bonds is 6. The molecule has 0 aliphatic heterocycles. The van der Waals surface area contributed by atoms with Crippen molar-refractivity contribution in [3.63, 3.8) is 0 Å². The highest BCUT2D eigenvalue weighted by atomic mass is 16.5. The molecule has 6 nitrogen and oxygen atoms in total. The standard InChI is InChI=1S/C10H17N3O3/c1-11-4-3-8(14)9(15)7-5-12-10(16-2)13-6-7/h5-6,8-9,11,14-15H,3-4H2,1-2H3. The summed E-state index contributed by atoms with van der Waals surface area (Å²) in [6.45, 7) is 0.634. The molecule has 0 saturated carbocycles. The van der Waals surface area contributed by atoms with Crippen LogP contribution in [0.4, 0.5) is 0 Å². The number of ether oxygens (including phenoxy) is 1. The molecule has 0 radical (unpaired) electrons. The molecule has 2 unspecified atom stereocenters. The van der Waals surface area contributed by atoms with Crippen molar-refractivity contribution in [3.8, 4) is 6.01 Å². The molecule has 0 aromatic carbocycles. The van der Waals surface area contributed by atoms with E-state index < -0.39 is 12.2 Å². The fourth-order valence-electron chi connectivity index (χ4n) is 1.26. The summed E-state index contributed by atoms with van der Waals surface area (Å²) in [5.41, 5.74) is 0.476. The molecule has 1 aromatic rings. The Hall–Kier alpha value is -1.24. The molecule has 0 amide bonds. The lowest BCUT2D eigenvalue weighted by Crippen LogP contribution is -2.23. The molecule has 1 aromatic heterocycles. The fourth-order valence-corrected chi connectivity index (χ4v) is 1.26. The molecular weight excluding hydrogens is 210 g/mol. The van der Waals surface area contributed by atoms with Crippen molar-refractivity contribution < 1.29 is 14.9 Å². The number of methoxy groups -OCH3 is 1. The van der Waals surface area contributed by atoms with Crippen LogP contribution in [0.1, 0.15) is 18.1 Å². The number of hydrogen-bond acceptors (Lipinski definition) is 6. The predicted molar refractivity (Wildman–Crippen MR) is 58.1 cm³/mol. The van der Waals surface area contributed by atoms with Crippen molar-refractivity contribution in [2.24, 2.45) is 0 Å². The maximum atomic E-state index is 9.78. The largest absolute Gasteiger partial charge is 0.467 e. The number of hydrogen-bond donors (Lipinski definition) is 3. The minimum atomic E-state index is -0.973. The van der Waals surface area contributed by atoms with Gasteiger partial charge in [0, 0.05) is 18.0 Å². The summed E-state index contributed by atoms with van der Waals surface area (Å²) in [6, 6.07) is 0.237. The van der Waals surface area contributed by atoms with E-state index in [0.29, 0.717) is 18.5 Å². The first-order chi connectivity index (χ1) is 7.69. The van der Waals surface area contributed by atoms with Crippen molar-refractivity contribution in [2.75, 3.05) is 20.7 Å². The van der Waals surface area contributed by atoms with Crippen LogP contribution in [0, 0.1) is 0 Å². The Morgan fingerprint density at radius 2 is 2.00 bits per heavy atom. The van der Waals surface area contributed by atoms with Gasteiger partial charge in [-0.25, -0.2) is 9.97 Å². The van der Waals surface area contributed by atoms with Gasteiger partial charge in [0.25, 0.3) is 0 Å². The van der Waals surface area contributed by atoms with E-state index in [4.69, 9.17) is 4.74 Å². The smallest absolute Gasteiger partial charge is 0.316 e. The minimum absolute atomic E-state index is 0.237. The van der Waals surface area contributed by atoms with Crippen LogP contribution in [-0.2, 0) is 0 Å². The molecule has 0 fully saturated rings. The second-order valence-corrected chi connectivity index (χ2v) is 3.41. The third-order valence-electron chi connectivity index (χ3n) is 2.23. The van der Waals surface area contributed by atoms with Gasteiger partial charge in [-0.3, -0.25) is 0 Å². The Morgan fingerprint density at radius 3 is 2.50 bits per heavy atom. The number of aliphatic hydroxyl groups is 2. The Balaban J connectivity index is 2.60. The molecule has 2 atom stereocenters. The zero-order valence-electron chi connectivity index (χ0n) is 9.42. The summed E-state index contributed by atoms with van der Waals surface area (Å²) in [6.07, 6.45) is 1.55. The summed E-state index contributed by atoms with van der Waals surface area (Å²) in [7, 11) is 3.25. The molecule has 16 heavy (non-hydrogen) atoms. The summed E-state index contributed by atoms with van der Waals surface area (Å²) < 4.78 is 4.80. The lowest BCUT2D eigenvalue weighted by Gasteiger charge is -2.17. The first-order valence-corrected chi connectivity index (χ1v) is 5.05. The number of nitrogens with zero attached hydrogens (tertiary/aromatic N) is 2. The Kier molecular flexibility index (Phi) is 5.10. The van der Waals surface area contributed by atoms with Crippen LogP contribution < -0.4 is 10.1 Å². The van der Waals surface area contributed by atoms with E-state index in [1.54, 1.807) is 7.05 Å². The van der Waals surface area contributed by atoms with E-state index in [0.717, 1.165) is 0 Å². The maximum Gasteiger partial charge on any atom is 0.316 e. The van der Waals surface area contributed by atoms with Crippen LogP contribution in [0.5, 0.6) is 6.01 Å². The van der Waals surface area contributed by atoms with E-state index in [9.17, 15) is 10.2 Å². The van der Waals surface area contributed by atoms with Crippen molar-refractivity contribution in [1.29, 1.82) is 0 Å². The number of nitrogens with one attached hydrogen (secondary N) is 1. The Bertz CT molecular complexity index is 305. The van der Waals surface area contributed by atoms with Crippen LogP contribution in [0.3, 0.4) is 0 Å². The van der Waals surface area contributed by atoms with Gasteiger partial charge in [0.05, 0.1) is 13.2 Å². The van der Waals surface area contributed by atoms with Gasteiger partial charge < -0.3 is 20.3 Å². The lowest BCUT2D eigenvalue weighted by molar-refractivity contribution is 0.0135. The van der Waals surface area contributed by atoms with Crippen molar-refractivity contribution in [1.82, 2.24) is 15.3 Å². The van der Waals surface area contributed by atoms with Crippen molar-refractivity contribution in [2.45, 2.75) is 18.6 Å². The van der Waals surface area contributed by atoms with E-state index >= 15 is 0 Å². The highest BCUT2D eigenvalue weighted by Crippen LogP contribution is 2.17. The molecule has 0 saturated heterocycles. The number of aliphatic hydroxyl groups excluding tert-OH is 2. The van der Waals surface area contributed by atoms with Gasteiger partial charge in [0.1, 0.15) is 6.10 Å². The van der Waals surface area contributed by atoms with E-state index in [1.165, 1.54) is 19.5 Å². The molecule has 6 heteroatoms. The van der Waals surface area contributed by atoms with Gasteiger partial charge in [-0.1, -0.05) is 0 Å². The van der Waals surface area contributed by atoms with Gasteiger partial charge in [-0.15, -0.1) is 0 Å². The Labute approximate surface area is 94.3 Å². The molecule has 90 valence electrons. The second kappa shape index (κ2) is 6.37. The highest BCUT2D eigenvalue weighted by molar-refractivity contribution is 5.11. The van der Waals surface area contributed by atoms with E-state index in [-0.39, 0.29) is 6.01 Å². The minimum Gasteiger partial charge on any atom is -0.467 e. The van der Waals surface area contributed by atoms with Crippen LogP contribution in [0.15, 0.2) is 12.4 Å². The maximum absolute atomic E-state index is 9.78. The topological polar surface area (TPSA) is 87.5 Å². The molecule has 0 spiro atoms. The average Bonchev–Trinajstić information content (AvgIpc) is 2.35. The third-order valence-corrected chi connectivity index (χ3v) is 2.23. The summed E-state index contributed by atoms with van der Waals surface area (Å²) >= 11 is 0. The first kappa shape index (κ1) is 12.8. The van der Waals surface area contributed by atoms with Gasteiger partial charge in [0.2, 0.25) is 0 Å². The van der Waals surface area contributed by atoms with Crippen LogP contribution in [0.25, 0.3) is 0 Å². The predicted octanol–water partition coefficient (Wildman–Crippen LogP) is -0.511. The SMILES string of the molecule is CNCCC(O)C(O)c1cnc(OC)nc1. The van der Waals surface area contributed by atoms with Gasteiger partial charge in [0.15, 0.2) is 0 Å². The van der Waals surface area contributed by atoms with Gasteiger partial charge in [-0.2, -0.15) is 0 Å². The molecular formula is C10H17N3O3. The highest BCUT2D eigenvalue weighted by Gasteiger charge is 2.18. The van der Waals surface area contributed by atoms with E-state index in [2.05, 4.69) is 15.3 Å². The first-order valence-electron chi connectivity index (χ1n) is 5.05.